The van der Waals surface area contributed by atoms with Crippen molar-refractivity contribution in [1.29, 1.82) is 0 Å². The molecule has 14 rings (SSSR count). The highest BCUT2D eigenvalue weighted by Gasteiger charge is 2.63. The Morgan fingerprint density at radius 2 is 0.937 bits per heavy atom. The fraction of sp³-hybridized carbons (Fsp3) is 0.788. The van der Waals surface area contributed by atoms with Crippen LogP contribution in [0.4, 0.5) is 0 Å². The number of hydrogen-bond acceptors (Lipinski definition) is 13. The summed E-state index contributed by atoms with van der Waals surface area (Å²) in [5, 5.41) is 0. The maximum atomic E-state index is 12.6. The Balaban J connectivity index is 0.000000129. The SMILES string of the molecule is C=C(C)C(=O)OC(C)OC1CC2CC1C1C3CCC(C3)C21.C=C(C)C(=O)OC(C)OC1CC2CCC1C2.C=C(C)C(=O)OCCC(=O)C12CC3CC(CC(C3)C1)C2.C=C(C)C(=O)OCCC(=O)OC1(C)C2CC3CC(C2)CC1C3. The van der Waals surface area contributed by atoms with Crippen LogP contribution in [0.25, 0.3) is 0 Å². The van der Waals surface area contributed by atoms with E-state index in [9.17, 15) is 28.8 Å². The molecule has 0 amide bonds. The van der Waals surface area contributed by atoms with E-state index in [1.165, 1.54) is 103 Å². The predicted molar refractivity (Wildman–Crippen MR) is 298 cm³/mol. The molecule has 0 heterocycles. The molecular weight excluding hydrogens is 1000 g/mol. The number of ether oxygens (including phenoxy) is 7. The van der Waals surface area contributed by atoms with E-state index in [4.69, 9.17) is 33.2 Å². The second-order valence-electron chi connectivity index (χ2n) is 27.8. The summed E-state index contributed by atoms with van der Waals surface area (Å²) >= 11 is 0. The first-order valence-corrected chi connectivity index (χ1v) is 30.9. The van der Waals surface area contributed by atoms with Crippen molar-refractivity contribution in [2.75, 3.05) is 13.2 Å². The minimum absolute atomic E-state index is 0.0651. The molecular formula is C66H96O13. The van der Waals surface area contributed by atoms with Crippen LogP contribution in [-0.4, -0.2) is 79.2 Å². The van der Waals surface area contributed by atoms with Crippen LogP contribution in [0.15, 0.2) is 48.6 Å². The first-order valence-electron chi connectivity index (χ1n) is 30.9. The summed E-state index contributed by atoms with van der Waals surface area (Å²) in [7, 11) is 0. The zero-order valence-electron chi connectivity index (χ0n) is 49.1. The van der Waals surface area contributed by atoms with Crippen LogP contribution in [0, 0.1) is 94.2 Å². The Labute approximate surface area is 471 Å². The fourth-order valence-corrected chi connectivity index (χ4v) is 19.1. The molecule has 0 aromatic heterocycles. The monoisotopic (exact) mass is 1100 g/mol. The molecule has 13 heteroatoms. The van der Waals surface area contributed by atoms with Gasteiger partial charge in [-0.15, -0.1) is 0 Å². The number of hydrogen-bond donors (Lipinski definition) is 0. The Hall–Kier alpha value is -4.10. The first kappa shape index (κ1) is 59.5. The quantitative estimate of drug-likeness (QED) is 0.0419. The molecule has 0 radical (unpaired) electrons. The lowest BCUT2D eigenvalue weighted by molar-refractivity contribution is -0.204. The molecule has 0 aromatic rings. The van der Waals surface area contributed by atoms with Crippen molar-refractivity contribution < 1.29 is 61.9 Å². The van der Waals surface area contributed by atoms with E-state index in [0.29, 0.717) is 64.5 Å². The molecule has 438 valence electrons. The molecule has 14 fully saturated rings. The highest BCUT2D eigenvalue weighted by Crippen LogP contribution is 2.68. The van der Waals surface area contributed by atoms with Crippen LogP contribution in [0.1, 0.15) is 190 Å². The Morgan fingerprint density at radius 1 is 0.468 bits per heavy atom. The number of ketones is 1. The molecule has 0 spiro atoms. The third-order valence-corrected chi connectivity index (χ3v) is 21.8. The number of fused-ring (bicyclic) bond motifs is 11. The Bertz CT molecular complexity index is 2280. The van der Waals surface area contributed by atoms with Crippen molar-refractivity contribution in [3.05, 3.63) is 48.6 Å². The van der Waals surface area contributed by atoms with Gasteiger partial charge < -0.3 is 33.2 Å². The van der Waals surface area contributed by atoms with Gasteiger partial charge in [0, 0.05) is 34.1 Å². The van der Waals surface area contributed by atoms with Gasteiger partial charge in [-0.2, -0.15) is 0 Å². The van der Waals surface area contributed by atoms with Crippen molar-refractivity contribution in [2.24, 2.45) is 94.2 Å². The topological polar surface area (TPSA) is 167 Å². The summed E-state index contributed by atoms with van der Waals surface area (Å²) in [4.78, 5) is 70.3. The minimum atomic E-state index is -0.450. The minimum Gasteiger partial charge on any atom is -0.462 e. The van der Waals surface area contributed by atoms with Gasteiger partial charge in [-0.05, 0) is 266 Å². The van der Waals surface area contributed by atoms with Gasteiger partial charge in [0.1, 0.15) is 18.0 Å². The van der Waals surface area contributed by atoms with E-state index in [2.05, 4.69) is 33.2 Å². The van der Waals surface area contributed by atoms with Crippen LogP contribution < -0.4 is 0 Å². The van der Waals surface area contributed by atoms with Crippen LogP contribution in [0.3, 0.4) is 0 Å². The molecule has 14 saturated carbocycles. The van der Waals surface area contributed by atoms with E-state index in [0.717, 1.165) is 96.7 Å². The second-order valence-corrected chi connectivity index (χ2v) is 27.8. The summed E-state index contributed by atoms with van der Waals surface area (Å²) < 4.78 is 38.3. The zero-order valence-corrected chi connectivity index (χ0v) is 49.1. The van der Waals surface area contributed by atoms with E-state index >= 15 is 0 Å². The van der Waals surface area contributed by atoms with Gasteiger partial charge in [0.15, 0.2) is 0 Å². The molecule has 0 aromatic carbocycles. The molecule has 0 aliphatic heterocycles. The Kier molecular flexibility index (Phi) is 18.7. The third-order valence-electron chi connectivity index (χ3n) is 21.8. The molecule has 0 saturated heterocycles. The van der Waals surface area contributed by atoms with Crippen molar-refractivity contribution in [3.63, 3.8) is 0 Å². The zero-order chi connectivity index (χ0) is 56.7. The number of Topliss-reactive ketones (excluding diaryl/α,β-unsaturated/α-hetero) is 1. The molecule has 79 heavy (non-hydrogen) atoms. The van der Waals surface area contributed by atoms with Gasteiger partial charge in [-0.3, -0.25) is 9.59 Å². The maximum absolute atomic E-state index is 12.6. The summed E-state index contributed by atoms with van der Waals surface area (Å²) in [6.07, 6.45) is 25.7. The van der Waals surface area contributed by atoms with E-state index in [1.54, 1.807) is 34.6 Å². The van der Waals surface area contributed by atoms with Crippen molar-refractivity contribution in [3.8, 4) is 0 Å². The molecule has 14 bridgehead atoms. The second kappa shape index (κ2) is 24.8. The standard InChI is InChI=1S/C18H26O4.C18H26O3.C17H24O3.C13H20O3/c1-11(2)17(20)21-5-4-16(19)22-18(3)14-7-12-6-13(9-14)10-15(18)8-12;1-9(2)18(19)21-10(3)20-15-8-13-7-14(15)17-12-5-4-11(6-12)16(13)17;1-11(2)16(19)20-4-3-15(18)17-8-12-5-13(9-17)7-14(6-12)10-17;1-8(2)13(14)16-9(3)15-12-7-10-4-5-11(12)6-10/h12-15H,1,4-10H2,2-3H3;10-17H,1,4-8H2,2-3H3;12-14H,1,3-10H2,2H3;9-12H,1,4-7H2,2-3H3. The van der Waals surface area contributed by atoms with Gasteiger partial charge in [0.2, 0.25) is 12.6 Å². The number of carbonyl (C=O) groups excluding carboxylic acids is 6. The predicted octanol–water partition coefficient (Wildman–Crippen LogP) is 12.7. The molecule has 13 nitrogen and oxygen atoms in total. The lowest BCUT2D eigenvalue weighted by Gasteiger charge is -2.59. The lowest BCUT2D eigenvalue weighted by Crippen LogP contribution is -2.58. The smallest absolute Gasteiger partial charge is 0.335 e. The molecule has 12 unspecified atom stereocenters. The van der Waals surface area contributed by atoms with E-state index < -0.39 is 18.5 Å². The number of rotatable bonds is 18. The lowest BCUT2D eigenvalue weighted by atomic mass is 9.48. The van der Waals surface area contributed by atoms with Gasteiger partial charge in [0.25, 0.3) is 0 Å². The normalized spacial score (nSPS) is 39.8. The summed E-state index contributed by atoms with van der Waals surface area (Å²) in [6.45, 7) is 26.8. The molecule has 12 atom stereocenters. The van der Waals surface area contributed by atoms with Crippen molar-refractivity contribution in [2.45, 2.75) is 220 Å². The van der Waals surface area contributed by atoms with Crippen LogP contribution in [0.2, 0.25) is 0 Å². The van der Waals surface area contributed by atoms with Crippen LogP contribution in [0.5, 0.6) is 0 Å². The average molecular weight is 1100 g/mol. The third kappa shape index (κ3) is 13.6. The van der Waals surface area contributed by atoms with E-state index in [1.807, 2.05) is 6.92 Å². The summed E-state index contributed by atoms with van der Waals surface area (Å²) in [5.41, 5.74) is 1.23. The fourth-order valence-electron chi connectivity index (χ4n) is 19.1. The van der Waals surface area contributed by atoms with E-state index in [-0.39, 0.29) is 54.5 Å². The average Bonchev–Trinajstić information content (AvgIpc) is 3.24. The summed E-state index contributed by atoms with van der Waals surface area (Å²) in [6, 6.07) is 0. The van der Waals surface area contributed by atoms with Crippen LogP contribution in [-0.2, 0) is 61.9 Å². The van der Waals surface area contributed by atoms with Crippen molar-refractivity contribution >= 4 is 35.6 Å². The van der Waals surface area contributed by atoms with Crippen molar-refractivity contribution in [1.82, 2.24) is 0 Å². The highest BCUT2D eigenvalue weighted by atomic mass is 16.7. The largest absolute Gasteiger partial charge is 0.462 e. The molecule has 14 aliphatic carbocycles. The first-order chi connectivity index (χ1) is 37.5. The van der Waals surface area contributed by atoms with Gasteiger partial charge in [-0.1, -0.05) is 26.3 Å². The number of esters is 5. The maximum Gasteiger partial charge on any atom is 0.335 e. The van der Waals surface area contributed by atoms with Gasteiger partial charge in [-0.25, -0.2) is 19.2 Å². The molecule has 0 N–H and O–H groups in total. The van der Waals surface area contributed by atoms with Crippen LogP contribution >= 0.6 is 0 Å². The van der Waals surface area contributed by atoms with Gasteiger partial charge >= 0.3 is 29.8 Å². The highest BCUT2D eigenvalue weighted by molar-refractivity contribution is 5.89. The number of carbonyl (C=O) groups is 6. The molecule has 14 aliphatic rings. The summed E-state index contributed by atoms with van der Waals surface area (Å²) in [5.74, 6) is 10.7. The Morgan fingerprint density at radius 3 is 1.42 bits per heavy atom. The van der Waals surface area contributed by atoms with Gasteiger partial charge in [0.05, 0.1) is 25.2 Å².